The highest BCUT2D eigenvalue weighted by Crippen LogP contribution is 2.27. The summed E-state index contributed by atoms with van der Waals surface area (Å²) in [5.74, 6) is -0.199. The first-order valence-electron chi connectivity index (χ1n) is 6.86. The summed E-state index contributed by atoms with van der Waals surface area (Å²) in [6.07, 6.45) is 1.06. The molecule has 1 unspecified atom stereocenters. The Morgan fingerprint density at radius 3 is 2.45 bits per heavy atom. The summed E-state index contributed by atoms with van der Waals surface area (Å²) in [5, 5.41) is 3.54. The lowest BCUT2D eigenvalue weighted by molar-refractivity contribution is 0.591. The molecule has 0 fully saturated rings. The van der Waals surface area contributed by atoms with E-state index in [4.69, 9.17) is 0 Å². The summed E-state index contributed by atoms with van der Waals surface area (Å²) in [4.78, 5) is 0. The molecule has 20 heavy (non-hydrogen) atoms. The van der Waals surface area contributed by atoms with Gasteiger partial charge in [-0.2, -0.15) is 0 Å². The molecule has 2 rings (SSSR count). The van der Waals surface area contributed by atoms with E-state index in [1.807, 2.05) is 18.2 Å². The molecule has 1 nitrogen and oxygen atoms in total. The van der Waals surface area contributed by atoms with Crippen LogP contribution in [0.15, 0.2) is 46.9 Å². The number of aryl methyl sites for hydroxylation is 1. The molecular weight excluding hydrogens is 317 g/mol. The average Bonchev–Trinajstić information content (AvgIpc) is 2.42. The highest BCUT2D eigenvalue weighted by atomic mass is 79.9. The molecule has 0 heterocycles. The van der Waals surface area contributed by atoms with Gasteiger partial charge in [-0.15, -0.1) is 0 Å². The maximum atomic E-state index is 13.1. The van der Waals surface area contributed by atoms with Gasteiger partial charge in [0.15, 0.2) is 0 Å². The van der Waals surface area contributed by atoms with Crippen molar-refractivity contribution in [2.45, 2.75) is 26.3 Å². The molecule has 2 aromatic carbocycles. The molecule has 0 spiro atoms. The third-order valence-electron chi connectivity index (χ3n) is 3.34. The van der Waals surface area contributed by atoms with Crippen LogP contribution in [0, 0.1) is 12.7 Å². The van der Waals surface area contributed by atoms with Crippen LogP contribution in [0.5, 0.6) is 0 Å². The van der Waals surface area contributed by atoms with Crippen LogP contribution in [0.1, 0.15) is 36.1 Å². The highest BCUT2D eigenvalue weighted by Gasteiger charge is 2.15. The van der Waals surface area contributed by atoms with Crippen molar-refractivity contribution in [1.29, 1.82) is 0 Å². The summed E-state index contributed by atoms with van der Waals surface area (Å²) in [7, 11) is 0. The van der Waals surface area contributed by atoms with Crippen molar-refractivity contribution in [3.63, 3.8) is 0 Å². The topological polar surface area (TPSA) is 12.0 Å². The van der Waals surface area contributed by atoms with Crippen molar-refractivity contribution in [2.24, 2.45) is 0 Å². The predicted octanol–water partition coefficient (Wildman–Crippen LogP) is 4.99. The molecule has 3 heteroatoms. The lowest BCUT2D eigenvalue weighted by Gasteiger charge is -2.21. The van der Waals surface area contributed by atoms with Crippen LogP contribution in [-0.4, -0.2) is 6.54 Å². The molecule has 1 atom stereocenters. The van der Waals surface area contributed by atoms with E-state index >= 15 is 0 Å². The van der Waals surface area contributed by atoms with Crippen molar-refractivity contribution in [1.82, 2.24) is 5.32 Å². The Morgan fingerprint density at radius 2 is 1.85 bits per heavy atom. The molecular formula is C17H19BrFN. The average molecular weight is 336 g/mol. The van der Waals surface area contributed by atoms with Gasteiger partial charge in [0.25, 0.3) is 0 Å². The van der Waals surface area contributed by atoms with Crippen molar-refractivity contribution in [3.05, 3.63) is 69.4 Å². The van der Waals surface area contributed by atoms with E-state index in [-0.39, 0.29) is 11.9 Å². The van der Waals surface area contributed by atoms with Gasteiger partial charge in [0.2, 0.25) is 0 Å². The molecule has 0 aromatic heterocycles. The molecule has 0 aliphatic rings. The normalized spacial score (nSPS) is 12.4. The van der Waals surface area contributed by atoms with Crippen LogP contribution in [-0.2, 0) is 0 Å². The van der Waals surface area contributed by atoms with Gasteiger partial charge in [-0.3, -0.25) is 0 Å². The van der Waals surface area contributed by atoms with Gasteiger partial charge in [-0.25, -0.2) is 4.39 Å². The predicted molar refractivity (Wildman–Crippen MR) is 85.4 cm³/mol. The smallest absolute Gasteiger partial charge is 0.123 e. The van der Waals surface area contributed by atoms with E-state index in [1.54, 1.807) is 0 Å². The van der Waals surface area contributed by atoms with Crippen molar-refractivity contribution < 1.29 is 4.39 Å². The molecule has 0 saturated carbocycles. The second-order valence-electron chi connectivity index (χ2n) is 4.94. The molecule has 0 aliphatic heterocycles. The number of halogens is 2. The Morgan fingerprint density at radius 1 is 1.15 bits per heavy atom. The van der Waals surface area contributed by atoms with E-state index in [0.29, 0.717) is 0 Å². The van der Waals surface area contributed by atoms with Gasteiger partial charge < -0.3 is 5.32 Å². The number of rotatable bonds is 5. The Balaban J connectivity index is 2.38. The summed E-state index contributed by atoms with van der Waals surface area (Å²) < 4.78 is 14.2. The molecule has 0 saturated heterocycles. The first-order chi connectivity index (χ1) is 9.61. The van der Waals surface area contributed by atoms with E-state index < -0.39 is 0 Å². The maximum Gasteiger partial charge on any atom is 0.123 e. The van der Waals surface area contributed by atoms with Gasteiger partial charge in [-0.1, -0.05) is 41.1 Å². The summed E-state index contributed by atoms with van der Waals surface area (Å²) >= 11 is 3.49. The van der Waals surface area contributed by atoms with Crippen LogP contribution in [0.2, 0.25) is 0 Å². The Kier molecular flexibility index (Phi) is 5.32. The maximum absolute atomic E-state index is 13.1. The first kappa shape index (κ1) is 15.2. The van der Waals surface area contributed by atoms with E-state index in [1.165, 1.54) is 23.3 Å². The fourth-order valence-corrected chi connectivity index (χ4v) is 2.79. The number of hydrogen-bond acceptors (Lipinski definition) is 1. The monoisotopic (exact) mass is 335 g/mol. The van der Waals surface area contributed by atoms with Gasteiger partial charge in [0, 0.05) is 4.47 Å². The molecule has 0 aliphatic carbocycles. The third-order valence-corrected chi connectivity index (χ3v) is 3.84. The molecule has 0 amide bonds. The SMILES string of the molecule is CCCNC(c1ccc(F)cc1)c1ccc(Br)cc1C. The fourth-order valence-electron chi connectivity index (χ4n) is 2.31. The summed E-state index contributed by atoms with van der Waals surface area (Å²) in [6, 6.07) is 13.1. The Labute approximate surface area is 128 Å². The fraction of sp³-hybridized carbons (Fsp3) is 0.294. The molecule has 106 valence electrons. The number of benzene rings is 2. The minimum Gasteiger partial charge on any atom is -0.306 e. The van der Waals surface area contributed by atoms with Crippen molar-refractivity contribution in [2.75, 3.05) is 6.54 Å². The van der Waals surface area contributed by atoms with Crippen LogP contribution in [0.25, 0.3) is 0 Å². The largest absolute Gasteiger partial charge is 0.306 e. The molecule has 0 bridgehead atoms. The minimum absolute atomic E-state index is 0.101. The van der Waals surface area contributed by atoms with Gasteiger partial charge in [0.1, 0.15) is 5.82 Å². The van der Waals surface area contributed by atoms with E-state index in [9.17, 15) is 4.39 Å². The van der Waals surface area contributed by atoms with E-state index in [2.05, 4.69) is 47.2 Å². The number of nitrogens with one attached hydrogen (secondary N) is 1. The standard InChI is InChI=1S/C17H19BrFN/c1-3-10-20-17(13-4-7-15(19)8-5-13)16-9-6-14(18)11-12(16)2/h4-9,11,17,20H,3,10H2,1-2H3. The van der Waals surface area contributed by atoms with Crippen LogP contribution >= 0.6 is 15.9 Å². The zero-order chi connectivity index (χ0) is 14.5. The molecule has 2 aromatic rings. The quantitative estimate of drug-likeness (QED) is 0.811. The van der Waals surface area contributed by atoms with Gasteiger partial charge in [0.05, 0.1) is 6.04 Å². The van der Waals surface area contributed by atoms with Crippen LogP contribution in [0.4, 0.5) is 4.39 Å². The Bertz CT molecular complexity index is 566. The summed E-state index contributed by atoms with van der Waals surface area (Å²) in [5.41, 5.74) is 3.54. The van der Waals surface area contributed by atoms with Crippen LogP contribution in [0.3, 0.4) is 0 Å². The van der Waals surface area contributed by atoms with Crippen LogP contribution < -0.4 is 5.32 Å². The van der Waals surface area contributed by atoms with E-state index in [0.717, 1.165) is 23.0 Å². The van der Waals surface area contributed by atoms with Crippen molar-refractivity contribution >= 4 is 15.9 Å². The van der Waals surface area contributed by atoms with Gasteiger partial charge in [-0.05, 0) is 60.8 Å². The number of hydrogen-bond donors (Lipinski definition) is 1. The second-order valence-corrected chi connectivity index (χ2v) is 5.86. The van der Waals surface area contributed by atoms with Gasteiger partial charge >= 0.3 is 0 Å². The molecule has 1 N–H and O–H groups in total. The second kappa shape index (κ2) is 7.00. The first-order valence-corrected chi connectivity index (χ1v) is 7.66. The van der Waals surface area contributed by atoms with Crippen molar-refractivity contribution in [3.8, 4) is 0 Å². The molecule has 0 radical (unpaired) electrons. The zero-order valence-corrected chi connectivity index (χ0v) is 13.4. The Hall–Kier alpha value is -1.19. The zero-order valence-electron chi connectivity index (χ0n) is 11.8. The minimum atomic E-state index is -0.199. The lowest BCUT2D eigenvalue weighted by Crippen LogP contribution is -2.24. The third kappa shape index (κ3) is 3.68. The lowest BCUT2D eigenvalue weighted by atomic mass is 9.95. The summed E-state index contributed by atoms with van der Waals surface area (Å²) in [6.45, 7) is 5.17. The highest BCUT2D eigenvalue weighted by molar-refractivity contribution is 9.10.